The fraction of sp³-hybridized carbons (Fsp3) is 0.648. The summed E-state index contributed by atoms with van der Waals surface area (Å²) in [4.78, 5) is 189. The largest absolute Gasteiger partial charge is 0.461 e. The Bertz CT molecular complexity index is 3320. The highest BCUT2D eigenvalue weighted by molar-refractivity contribution is 5.99. The van der Waals surface area contributed by atoms with Gasteiger partial charge in [-0.25, -0.2) is 4.79 Å². The molecule has 4 heterocycles. The summed E-state index contributed by atoms with van der Waals surface area (Å²) >= 11 is 0. The first-order valence-electron chi connectivity index (χ1n) is 35.6. The number of benzene rings is 2. The maximum atomic E-state index is 15.1. The molecule has 2 aromatic carbocycles. The van der Waals surface area contributed by atoms with E-state index in [-0.39, 0.29) is 57.4 Å². The van der Waals surface area contributed by atoms with Crippen LogP contribution < -0.4 is 47.9 Å². The number of aliphatic hydroxyl groups is 7. The number of nitrogens with zero attached hydrogens (tertiary/aromatic N) is 3. The molecule has 0 bridgehead atoms. The first kappa shape index (κ1) is 84.2. The van der Waals surface area contributed by atoms with E-state index in [0.717, 1.165) is 27.2 Å². The van der Waals surface area contributed by atoms with Gasteiger partial charge in [-0.3, -0.25) is 57.5 Å². The van der Waals surface area contributed by atoms with Crippen LogP contribution in [0.25, 0.3) is 0 Å². The zero-order chi connectivity index (χ0) is 77.0. The van der Waals surface area contributed by atoms with Crippen molar-refractivity contribution in [1.29, 1.82) is 0 Å². The minimum absolute atomic E-state index is 0.0652. The van der Waals surface area contributed by atoms with Gasteiger partial charge >= 0.3 is 5.97 Å². The van der Waals surface area contributed by atoms with Crippen LogP contribution in [0.5, 0.6) is 0 Å². The van der Waals surface area contributed by atoms with Crippen molar-refractivity contribution in [3.63, 3.8) is 0 Å². The Hall–Kier alpha value is -8.73. The number of carbonyl (C=O) groups excluding carboxylic acids is 13. The monoisotopic (exact) mass is 1460 g/mol. The van der Waals surface area contributed by atoms with Gasteiger partial charge in [0.25, 0.3) is 5.91 Å². The van der Waals surface area contributed by atoms with Gasteiger partial charge in [0.2, 0.25) is 65.0 Å². The highest BCUT2D eigenvalue weighted by Crippen LogP contribution is 2.33. The molecule has 0 saturated carbocycles. The van der Waals surface area contributed by atoms with Gasteiger partial charge in [0.15, 0.2) is 6.10 Å². The third-order valence-corrected chi connectivity index (χ3v) is 19.5. The van der Waals surface area contributed by atoms with Gasteiger partial charge in [-0.1, -0.05) is 109 Å². The Balaban J connectivity index is 1.41. The van der Waals surface area contributed by atoms with Gasteiger partial charge in [-0.15, -0.1) is 0 Å². The first-order valence-corrected chi connectivity index (χ1v) is 35.6. The standard InChI is InChI=1S/C71H106N12O21/c1-36(2)27-49-65(97)75-47(24-26-84)64(96)77-50(29-44-19-14-11-15-20-44)62(94)72-31-54(90)80-56(60(92)37(3)4)69(101)81-25-23-38(5)57(81)66(98)76-48(30-46(104-71(103)41(8)74-42(9)86)22-16-21-45(87)28-43-17-12-10-13-18-43)61(93)68(100)79-51(35-85)63(95)73-32-55(91)82-33-52(88)40(7)59(82)70(102)83-34-53(89)39(6)58(83)67(99)78-49/h10-15,17-20,36-41,45-53,56-61,84-85,87-89,92-93H,16,21-35H2,1-9H3,(H,72,94)(H,73,95)(H,74,86)(H,75,97)(H,76,98)(H,77,96)(H,78,99)(H,79,100)(H,80,90)/t38-,39-,40-,41-,45?,46-,47-,48+,49+,50+,51+,52-,53-,56+,57?,58-,59-,60-,61-/m0/s1. The first-order chi connectivity index (χ1) is 49.1. The zero-order valence-electron chi connectivity index (χ0n) is 60.4. The maximum absolute atomic E-state index is 15.1. The summed E-state index contributed by atoms with van der Waals surface area (Å²) in [6.07, 6.45) is -9.82. The number of rotatable bonds is 20. The molecule has 4 fully saturated rings. The number of ether oxygens (including phenoxy) is 1. The average molecular weight is 1460 g/mol. The normalized spacial score (nSPS) is 29.1. The molecule has 0 radical (unpaired) electrons. The van der Waals surface area contributed by atoms with Gasteiger partial charge < -0.3 is 103 Å². The highest BCUT2D eigenvalue weighted by atomic mass is 16.5. The van der Waals surface area contributed by atoms with E-state index in [9.17, 15) is 88.5 Å². The van der Waals surface area contributed by atoms with Crippen molar-refractivity contribution in [3.05, 3.63) is 71.8 Å². The van der Waals surface area contributed by atoms with Crippen molar-refractivity contribution < 1.29 is 103 Å². The molecule has 104 heavy (non-hydrogen) atoms. The van der Waals surface area contributed by atoms with Crippen LogP contribution in [0.4, 0.5) is 0 Å². The molecular formula is C71H106N12O21. The predicted octanol–water partition coefficient (Wildman–Crippen LogP) is -4.56. The van der Waals surface area contributed by atoms with Crippen molar-refractivity contribution >= 4 is 76.9 Å². The van der Waals surface area contributed by atoms with E-state index >= 15 is 9.59 Å². The second kappa shape index (κ2) is 39.4. The van der Waals surface area contributed by atoms with E-state index in [1.54, 1.807) is 83.1 Å². The fourth-order valence-electron chi connectivity index (χ4n) is 13.5. The van der Waals surface area contributed by atoms with Crippen molar-refractivity contribution in [1.82, 2.24) is 62.6 Å². The van der Waals surface area contributed by atoms with Crippen molar-refractivity contribution in [2.24, 2.45) is 29.6 Å². The smallest absolute Gasteiger partial charge is 0.328 e. The van der Waals surface area contributed by atoms with E-state index in [1.165, 1.54) is 20.8 Å². The number of aliphatic hydroxyl groups excluding tert-OH is 7. The molecule has 33 nitrogen and oxygen atoms in total. The molecule has 16 N–H and O–H groups in total. The van der Waals surface area contributed by atoms with Crippen LogP contribution in [0.2, 0.25) is 0 Å². The molecular weight excluding hydrogens is 1360 g/mol. The zero-order valence-corrected chi connectivity index (χ0v) is 60.4. The molecule has 0 spiro atoms. The molecule has 4 aliphatic heterocycles. The van der Waals surface area contributed by atoms with Crippen LogP contribution in [-0.4, -0.2) is 270 Å². The molecule has 4 saturated heterocycles. The quantitative estimate of drug-likeness (QED) is 0.0555. The van der Waals surface area contributed by atoms with E-state index in [4.69, 9.17) is 4.74 Å². The van der Waals surface area contributed by atoms with Crippen molar-refractivity contribution in [2.75, 3.05) is 45.9 Å². The second-order valence-electron chi connectivity index (χ2n) is 28.5. The molecule has 2 aromatic rings. The number of carbonyl (C=O) groups is 13. The summed E-state index contributed by atoms with van der Waals surface area (Å²) in [5.74, 6) is -16.8. The lowest BCUT2D eigenvalue weighted by Gasteiger charge is -2.35. The van der Waals surface area contributed by atoms with Crippen LogP contribution in [0, 0.1) is 29.6 Å². The van der Waals surface area contributed by atoms with Gasteiger partial charge in [0.05, 0.1) is 50.2 Å². The Morgan fingerprint density at radius 2 is 1.15 bits per heavy atom. The van der Waals surface area contributed by atoms with Gasteiger partial charge in [-0.2, -0.15) is 0 Å². The Morgan fingerprint density at radius 1 is 0.596 bits per heavy atom. The number of fused-ring (bicyclic) bond motifs is 3. The van der Waals surface area contributed by atoms with Gasteiger partial charge in [0, 0.05) is 57.8 Å². The topological polar surface area (TPSA) is 491 Å². The average Bonchev–Trinajstić information content (AvgIpc) is 1.62. The van der Waals surface area contributed by atoms with E-state index < -0.39 is 250 Å². The molecule has 6 rings (SSSR count). The number of nitrogens with one attached hydrogen (secondary N) is 9. The summed E-state index contributed by atoms with van der Waals surface area (Å²) in [5, 5.41) is 101. The van der Waals surface area contributed by atoms with Crippen LogP contribution >= 0.6 is 0 Å². The number of hydrogen-bond acceptors (Lipinski definition) is 21. The Labute approximate surface area is 604 Å². The molecule has 19 atom stereocenters. The molecule has 2 unspecified atom stereocenters. The van der Waals surface area contributed by atoms with Crippen molar-refractivity contribution in [2.45, 2.75) is 217 Å². The summed E-state index contributed by atoms with van der Waals surface area (Å²) in [6, 6.07) is 1.40. The van der Waals surface area contributed by atoms with Crippen molar-refractivity contribution in [3.8, 4) is 0 Å². The van der Waals surface area contributed by atoms with E-state index in [0.29, 0.717) is 5.56 Å². The lowest BCUT2D eigenvalue weighted by atomic mass is 9.95. The molecule has 0 aromatic heterocycles. The lowest BCUT2D eigenvalue weighted by molar-refractivity contribution is -0.154. The number of amides is 12. The fourth-order valence-corrected chi connectivity index (χ4v) is 13.5. The minimum atomic E-state index is -2.42. The summed E-state index contributed by atoms with van der Waals surface area (Å²) in [5.41, 5.74) is 1.33. The number of hydrogen-bond donors (Lipinski definition) is 16. The molecule has 4 aliphatic rings. The van der Waals surface area contributed by atoms with Crippen LogP contribution in [-0.2, 0) is 79.9 Å². The summed E-state index contributed by atoms with van der Waals surface area (Å²) < 4.78 is 5.91. The Kier molecular flexibility index (Phi) is 31.9. The molecule has 0 aliphatic carbocycles. The lowest BCUT2D eigenvalue weighted by Crippen LogP contribution is -2.62. The van der Waals surface area contributed by atoms with Gasteiger partial charge in [-0.05, 0) is 80.8 Å². The molecule has 576 valence electrons. The molecule has 12 amide bonds. The van der Waals surface area contributed by atoms with Gasteiger partial charge in [0.1, 0.15) is 60.5 Å². The maximum Gasteiger partial charge on any atom is 0.328 e. The SMILES string of the molecule is CC(=O)N[C@@H](C)C(=O)O[C@@H](CCCC(O)Cc1ccccc1)C[C@H]1NC(=O)C2[C@@H](C)CCN2C(=O)[C@@H]([C@@H](O)C(C)C)NC(=O)CNC(=O)[C@@H](Cc2ccccc2)NC(=O)[C@H](CCO)NC(=O)[C@@H](CC(C)C)NC(=O)[C@@H]2[C@@H](C)[C@@H](O)CN2C(=O)[C@@H]2[C@@H](C)[C@@H](O)CN2C(=O)CNC(=O)[C@@H](CO)NC(=O)[C@H]1O. The third-order valence-electron chi connectivity index (χ3n) is 19.5. The summed E-state index contributed by atoms with van der Waals surface area (Å²) in [6.45, 7) is 8.76. The predicted molar refractivity (Wildman–Crippen MR) is 371 cm³/mol. The van der Waals surface area contributed by atoms with Crippen LogP contribution in [0.3, 0.4) is 0 Å². The van der Waals surface area contributed by atoms with Crippen LogP contribution in [0.1, 0.15) is 118 Å². The third kappa shape index (κ3) is 23.1. The van der Waals surface area contributed by atoms with E-state index in [2.05, 4.69) is 47.9 Å². The number of esters is 1. The summed E-state index contributed by atoms with van der Waals surface area (Å²) in [7, 11) is 0. The van der Waals surface area contributed by atoms with E-state index in [1.807, 2.05) is 12.1 Å². The minimum Gasteiger partial charge on any atom is -0.461 e. The highest BCUT2D eigenvalue weighted by Gasteiger charge is 2.53. The van der Waals surface area contributed by atoms with Crippen LogP contribution in [0.15, 0.2) is 60.7 Å². The molecule has 33 heteroatoms. The Morgan fingerprint density at radius 3 is 1.76 bits per heavy atom. The second-order valence-corrected chi connectivity index (χ2v) is 28.5.